The van der Waals surface area contributed by atoms with Gasteiger partial charge in [0.1, 0.15) is 18.0 Å². The number of allylic oxidation sites excluding steroid dienone is 8. The Morgan fingerprint density at radius 2 is 1.43 bits per heavy atom. The highest BCUT2D eigenvalue weighted by molar-refractivity contribution is 7.86. The van der Waals surface area contributed by atoms with Gasteiger partial charge in [-0.2, -0.15) is 21.4 Å². The number of fused-ring (bicyclic) bond motifs is 2. The van der Waals surface area contributed by atoms with Crippen LogP contribution in [0.3, 0.4) is 0 Å². The van der Waals surface area contributed by atoms with E-state index in [0.29, 0.717) is 43.8 Å². The Kier molecular flexibility index (Phi) is 12.4. The van der Waals surface area contributed by atoms with Crippen LogP contribution in [0, 0.1) is 0 Å². The van der Waals surface area contributed by atoms with Crippen molar-refractivity contribution in [1.82, 2.24) is 0 Å². The average Bonchev–Trinajstić information content (AvgIpc) is 3.43. The quantitative estimate of drug-likeness (QED) is 0.104. The van der Waals surface area contributed by atoms with Crippen molar-refractivity contribution in [2.75, 3.05) is 43.7 Å². The minimum Gasteiger partial charge on any atom is -0.497 e. The number of anilines is 1. The summed E-state index contributed by atoms with van der Waals surface area (Å²) in [5.41, 5.74) is 7.76. The maximum absolute atomic E-state index is 11.4. The number of halogens is 1. The van der Waals surface area contributed by atoms with E-state index in [4.69, 9.17) is 21.1 Å². The van der Waals surface area contributed by atoms with E-state index in [1.54, 1.807) is 14.2 Å². The van der Waals surface area contributed by atoms with Gasteiger partial charge in [-0.25, -0.2) is 0 Å². The molecule has 2 aliphatic heterocycles. The monoisotopic (exact) mass is 787 g/mol. The third-order valence-corrected chi connectivity index (χ3v) is 12.7. The molecule has 0 atom stereocenters. The highest BCUT2D eigenvalue weighted by atomic mass is 35.5. The van der Waals surface area contributed by atoms with Gasteiger partial charge in [-0.15, -0.1) is 0 Å². The SMILES string of the molecule is COc1ccc2c(c1)C(C)(C)C(/C=C/C1=C(Cl)C(=C/C=C3/N(CCCCS(=O)(=O)O)c4ccc(OC)cc4C3(C)C)/CCC1)=[N+]2CCCCS(=O)(=O)O. The predicted molar refractivity (Wildman–Crippen MR) is 213 cm³/mol. The lowest BCUT2D eigenvalue weighted by Crippen LogP contribution is -2.28. The van der Waals surface area contributed by atoms with E-state index in [9.17, 15) is 25.9 Å². The Balaban J connectivity index is 1.47. The Hall–Kier alpha value is -3.42. The summed E-state index contributed by atoms with van der Waals surface area (Å²) in [7, 11) is -4.77. The molecule has 2 heterocycles. The van der Waals surface area contributed by atoms with Gasteiger partial charge in [0.2, 0.25) is 5.69 Å². The van der Waals surface area contributed by atoms with Crippen LogP contribution < -0.4 is 14.4 Å². The van der Waals surface area contributed by atoms with Crippen molar-refractivity contribution in [2.24, 2.45) is 0 Å². The van der Waals surface area contributed by atoms with Gasteiger partial charge in [0, 0.05) is 52.5 Å². The average molecular weight is 788 g/mol. The normalized spacial score (nSPS) is 19.8. The maximum Gasteiger partial charge on any atom is 0.264 e. The van der Waals surface area contributed by atoms with Crippen LogP contribution in [0.1, 0.15) is 83.8 Å². The van der Waals surface area contributed by atoms with Gasteiger partial charge >= 0.3 is 0 Å². The maximum atomic E-state index is 11.4. The highest BCUT2D eigenvalue weighted by Crippen LogP contribution is 2.49. The zero-order valence-electron chi connectivity index (χ0n) is 31.5. The molecule has 288 valence electrons. The fourth-order valence-electron chi connectivity index (χ4n) is 7.72. The zero-order valence-corrected chi connectivity index (χ0v) is 33.9. The molecular formula is C40H52ClN2O8S2+. The summed E-state index contributed by atoms with van der Waals surface area (Å²) in [5, 5.41) is 0.717. The van der Waals surface area contributed by atoms with Crippen LogP contribution in [-0.4, -0.2) is 75.0 Å². The first-order valence-corrected chi connectivity index (χ1v) is 21.7. The van der Waals surface area contributed by atoms with E-state index in [1.807, 2.05) is 24.3 Å². The number of hydrogen-bond donors (Lipinski definition) is 2. The fraction of sp³-hybridized carbons (Fsp3) is 0.475. The Morgan fingerprint density at radius 1 is 0.811 bits per heavy atom. The molecule has 0 aromatic heterocycles. The van der Waals surface area contributed by atoms with Gasteiger partial charge in [0.25, 0.3) is 20.2 Å². The molecule has 1 aliphatic carbocycles. The predicted octanol–water partition coefficient (Wildman–Crippen LogP) is 8.26. The zero-order chi connectivity index (χ0) is 38.8. The third kappa shape index (κ3) is 9.28. The van der Waals surface area contributed by atoms with Gasteiger partial charge in [-0.05, 0) is 105 Å². The summed E-state index contributed by atoms with van der Waals surface area (Å²) < 4.78 is 77.4. The van der Waals surface area contributed by atoms with Crippen LogP contribution >= 0.6 is 11.6 Å². The fourth-order valence-corrected chi connectivity index (χ4v) is 9.17. The second kappa shape index (κ2) is 16.1. The summed E-state index contributed by atoms with van der Waals surface area (Å²) in [6.07, 6.45) is 12.9. The topological polar surface area (TPSA) is 133 Å². The summed E-state index contributed by atoms with van der Waals surface area (Å²) in [6, 6.07) is 12.0. The molecule has 13 heteroatoms. The number of benzene rings is 2. The van der Waals surface area contributed by atoms with Crippen molar-refractivity contribution >= 4 is 48.9 Å². The minimum atomic E-state index is -4.03. The summed E-state index contributed by atoms with van der Waals surface area (Å²) in [6.45, 7) is 9.84. The van der Waals surface area contributed by atoms with E-state index in [2.05, 4.69) is 73.6 Å². The summed E-state index contributed by atoms with van der Waals surface area (Å²) in [5.74, 6) is 0.975. The van der Waals surface area contributed by atoms with Crippen molar-refractivity contribution in [3.8, 4) is 11.5 Å². The number of nitrogens with zero attached hydrogens (tertiary/aromatic N) is 2. The molecule has 2 N–H and O–H groups in total. The van der Waals surface area contributed by atoms with Crippen molar-refractivity contribution in [1.29, 1.82) is 0 Å². The first-order valence-electron chi connectivity index (χ1n) is 18.1. The van der Waals surface area contributed by atoms with Gasteiger partial charge in [-0.3, -0.25) is 9.11 Å². The number of unbranched alkanes of at least 4 members (excludes halogenated alkanes) is 2. The third-order valence-electron chi connectivity index (χ3n) is 10.6. The lowest BCUT2D eigenvalue weighted by atomic mass is 9.81. The lowest BCUT2D eigenvalue weighted by Gasteiger charge is -2.27. The summed E-state index contributed by atoms with van der Waals surface area (Å²) >= 11 is 7.18. The highest BCUT2D eigenvalue weighted by Gasteiger charge is 2.45. The molecule has 0 spiro atoms. The molecule has 0 bridgehead atoms. The first kappa shape index (κ1) is 40.8. The van der Waals surface area contributed by atoms with Crippen LogP contribution in [0.4, 0.5) is 11.4 Å². The molecular weight excluding hydrogens is 736 g/mol. The molecule has 2 aromatic rings. The molecule has 5 rings (SSSR count). The van der Waals surface area contributed by atoms with Crippen LogP contribution in [0.15, 0.2) is 82.6 Å². The van der Waals surface area contributed by atoms with Crippen molar-refractivity contribution in [3.05, 3.63) is 93.7 Å². The number of rotatable bonds is 15. The van der Waals surface area contributed by atoms with E-state index < -0.39 is 20.2 Å². The van der Waals surface area contributed by atoms with Gasteiger partial charge in [-0.1, -0.05) is 37.6 Å². The Morgan fingerprint density at radius 3 is 2.08 bits per heavy atom. The standard InChI is InChI=1S/C40H51ClN2O8S2/c1-39(2)32-26-30(50-5)16-18-34(32)42(22-7-9-24-52(44,45)46)36(39)20-14-28-12-11-13-29(38(28)41)15-21-37-40(3,4)33-27-31(51-6)17-19-35(33)43(37)23-8-10-25-53(47,48)49/h14-21,26-27H,7-13,22-25H2,1-6H3,(H-,44,45,46,47,48,49)/p+1. The molecule has 3 aliphatic rings. The van der Waals surface area contributed by atoms with Crippen molar-refractivity contribution < 1.29 is 40.0 Å². The van der Waals surface area contributed by atoms with Crippen molar-refractivity contribution in [3.63, 3.8) is 0 Å². The molecule has 0 saturated heterocycles. The lowest BCUT2D eigenvalue weighted by molar-refractivity contribution is -0.438. The molecule has 0 radical (unpaired) electrons. The number of hydrogen-bond acceptors (Lipinski definition) is 7. The molecule has 0 unspecified atom stereocenters. The van der Waals surface area contributed by atoms with Crippen LogP contribution in [0.5, 0.6) is 11.5 Å². The molecule has 10 nitrogen and oxygen atoms in total. The molecule has 2 aromatic carbocycles. The van der Waals surface area contributed by atoms with Gasteiger partial charge in [0.05, 0.1) is 31.1 Å². The Labute approximate surface area is 320 Å². The van der Waals surface area contributed by atoms with Crippen molar-refractivity contribution in [2.45, 2.75) is 83.5 Å². The van der Waals surface area contributed by atoms with Crippen LogP contribution in [0.2, 0.25) is 0 Å². The number of methoxy groups -OCH3 is 2. The van der Waals surface area contributed by atoms with Crippen LogP contribution in [0.25, 0.3) is 0 Å². The smallest absolute Gasteiger partial charge is 0.264 e. The van der Waals surface area contributed by atoms with E-state index in [-0.39, 0.29) is 22.3 Å². The second-order valence-corrected chi connectivity index (χ2v) is 18.5. The van der Waals surface area contributed by atoms with E-state index in [1.165, 1.54) is 0 Å². The molecule has 0 saturated carbocycles. The largest absolute Gasteiger partial charge is 0.497 e. The van der Waals surface area contributed by atoms with Crippen LogP contribution in [-0.2, 0) is 31.1 Å². The minimum absolute atomic E-state index is 0.276. The summed E-state index contributed by atoms with van der Waals surface area (Å²) in [4.78, 5) is 2.23. The van der Waals surface area contributed by atoms with Gasteiger partial charge in [0.15, 0.2) is 5.71 Å². The first-order chi connectivity index (χ1) is 24.9. The Bertz CT molecular complexity index is 2110. The van der Waals surface area contributed by atoms with E-state index >= 15 is 0 Å². The molecule has 0 fully saturated rings. The van der Waals surface area contributed by atoms with Gasteiger partial charge < -0.3 is 14.4 Å². The molecule has 53 heavy (non-hydrogen) atoms. The molecule has 0 amide bonds. The number of ether oxygens (including phenoxy) is 2. The van der Waals surface area contributed by atoms with E-state index in [0.717, 1.165) is 75.8 Å². The second-order valence-electron chi connectivity index (χ2n) is 15.0.